The van der Waals surface area contributed by atoms with Gasteiger partial charge in [0.2, 0.25) is 0 Å². The van der Waals surface area contributed by atoms with Crippen LogP contribution in [0.25, 0.3) is 21.5 Å². The molecule has 84 valence electrons. The van der Waals surface area contributed by atoms with Crippen LogP contribution in [0.4, 0.5) is 0 Å². The van der Waals surface area contributed by atoms with Crippen molar-refractivity contribution >= 4 is 33.1 Å². The third-order valence-electron chi connectivity index (χ3n) is 3.01. The lowest BCUT2D eigenvalue weighted by Gasteiger charge is -2.07. The van der Waals surface area contributed by atoms with Gasteiger partial charge in [-0.2, -0.15) is 0 Å². The molecule has 3 aromatic rings. The third kappa shape index (κ3) is 1.63. The minimum absolute atomic E-state index is 0.789. The zero-order valence-electron chi connectivity index (χ0n) is 9.41. The lowest BCUT2D eigenvalue weighted by Crippen LogP contribution is -1.84. The molecular weight excluding hydrogens is 232 g/mol. The van der Waals surface area contributed by atoms with Gasteiger partial charge in [-0.3, -0.25) is 0 Å². The molecule has 1 nitrogen and oxygen atoms in total. The molecule has 0 aromatic heterocycles. The first kappa shape index (κ1) is 10.4. The first-order chi connectivity index (χ1) is 8.29. The number of methoxy groups -OCH3 is 1. The Morgan fingerprint density at radius 1 is 0.882 bits per heavy atom. The summed E-state index contributed by atoms with van der Waals surface area (Å²) >= 11 is 6.45. The number of hydrogen-bond acceptors (Lipinski definition) is 1. The Hall–Kier alpha value is -1.73. The Morgan fingerprint density at radius 3 is 2.47 bits per heavy atom. The molecule has 0 aliphatic rings. The molecule has 0 aliphatic heterocycles. The molecule has 0 fully saturated rings. The molecule has 2 heteroatoms. The maximum absolute atomic E-state index is 6.45. The minimum Gasteiger partial charge on any atom is -0.497 e. The summed E-state index contributed by atoms with van der Waals surface area (Å²) in [6, 6.07) is 16.2. The molecule has 0 radical (unpaired) electrons. The highest BCUT2D eigenvalue weighted by molar-refractivity contribution is 6.40. The lowest BCUT2D eigenvalue weighted by atomic mass is 10.0. The summed E-state index contributed by atoms with van der Waals surface area (Å²) in [4.78, 5) is 0. The van der Waals surface area contributed by atoms with Crippen LogP contribution in [0.3, 0.4) is 0 Å². The van der Waals surface area contributed by atoms with Crippen molar-refractivity contribution in [3.8, 4) is 5.75 Å². The molecule has 0 saturated heterocycles. The average Bonchev–Trinajstić information content (AvgIpc) is 2.39. The molecule has 0 unspecified atom stereocenters. The maximum atomic E-state index is 6.45. The zero-order valence-corrected chi connectivity index (χ0v) is 10.2. The van der Waals surface area contributed by atoms with E-state index in [0.29, 0.717) is 0 Å². The van der Waals surface area contributed by atoms with Gasteiger partial charge in [-0.1, -0.05) is 41.9 Å². The summed E-state index contributed by atoms with van der Waals surface area (Å²) in [5.41, 5.74) is 0. The highest BCUT2D eigenvalue weighted by Crippen LogP contribution is 2.34. The molecule has 0 heterocycles. The van der Waals surface area contributed by atoms with Crippen molar-refractivity contribution in [3.05, 3.63) is 53.6 Å². The zero-order chi connectivity index (χ0) is 11.8. The molecule has 17 heavy (non-hydrogen) atoms. The summed E-state index contributed by atoms with van der Waals surface area (Å²) in [6.07, 6.45) is 0. The first-order valence-corrected chi connectivity index (χ1v) is 5.82. The fraction of sp³-hybridized carbons (Fsp3) is 0.0667. The first-order valence-electron chi connectivity index (χ1n) is 5.44. The van der Waals surface area contributed by atoms with Crippen LogP contribution >= 0.6 is 11.6 Å². The van der Waals surface area contributed by atoms with Gasteiger partial charge in [0, 0.05) is 10.8 Å². The Kier molecular flexibility index (Phi) is 2.41. The van der Waals surface area contributed by atoms with Gasteiger partial charge >= 0.3 is 0 Å². The van der Waals surface area contributed by atoms with Crippen molar-refractivity contribution in [2.24, 2.45) is 0 Å². The smallest absolute Gasteiger partial charge is 0.119 e. The van der Waals surface area contributed by atoms with Crippen LogP contribution < -0.4 is 4.74 Å². The van der Waals surface area contributed by atoms with E-state index in [2.05, 4.69) is 12.1 Å². The summed E-state index contributed by atoms with van der Waals surface area (Å²) in [6.45, 7) is 0. The van der Waals surface area contributed by atoms with Crippen LogP contribution in [0, 0.1) is 0 Å². The molecule has 0 spiro atoms. The minimum atomic E-state index is 0.789. The standard InChI is InChI=1S/C15H11ClO/c1-17-12-7-6-11-8-10-4-2-3-5-13(10)15(16)14(11)9-12/h2-9H,1H3. The van der Waals surface area contributed by atoms with Gasteiger partial charge in [-0.15, -0.1) is 0 Å². The summed E-state index contributed by atoms with van der Waals surface area (Å²) in [7, 11) is 1.66. The molecule has 0 bridgehead atoms. The second kappa shape index (κ2) is 3.94. The van der Waals surface area contributed by atoms with Crippen LogP contribution in [0.5, 0.6) is 5.75 Å². The number of fused-ring (bicyclic) bond motifs is 2. The van der Waals surface area contributed by atoms with Gasteiger partial charge in [-0.25, -0.2) is 0 Å². The van der Waals surface area contributed by atoms with Crippen molar-refractivity contribution in [3.63, 3.8) is 0 Å². The van der Waals surface area contributed by atoms with E-state index in [1.54, 1.807) is 7.11 Å². The Labute approximate surface area is 105 Å². The van der Waals surface area contributed by atoms with Gasteiger partial charge in [-0.05, 0) is 29.0 Å². The Morgan fingerprint density at radius 2 is 1.65 bits per heavy atom. The van der Waals surface area contributed by atoms with E-state index < -0.39 is 0 Å². The third-order valence-corrected chi connectivity index (χ3v) is 3.41. The number of hydrogen-bond donors (Lipinski definition) is 0. The number of benzene rings is 3. The number of halogens is 1. The maximum Gasteiger partial charge on any atom is 0.119 e. The van der Waals surface area contributed by atoms with E-state index in [4.69, 9.17) is 16.3 Å². The predicted molar refractivity (Wildman–Crippen MR) is 73.0 cm³/mol. The summed E-state index contributed by atoms with van der Waals surface area (Å²) in [5, 5.41) is 5.20. The van der Waals surface area contributed by atoms with E-state index in [1.165, 1.54) is 0 Å². The lowest BCUT2D eigenvalue weighted by molar-refractivity contribution is 0.415. The number of rotatable bonds is 1. The molecular formula is C15H11ClO. The van der Waals surface area contributed by atoms with E-state index >= 15 is 0 Å². The number of ether oxygens (including phenoxy) is 1. The molecule has 3 rings (SSSR count). The molecule has 0 N–H and O–H groups in total. The van der Waals surface area contributed by atoms with E-state index in [0.717, 1.165) is 32.3 Å². The van der Waals surface area contributed by atoms with Crippen molar-refractivity contribution in [2.45, 2.75) is 0 Å². The van der Waals surface area contributed by atoms with Crippen LogP contribution in [0.1, 0.15) is 0 Å². The molecule has 0 amide bonds. The van der Waals surface area contributed by atoms with Crippen molar-refractivity contribution in [2.75, 3.05) is 7.11 Å². The van der Waals surface area contributed by atoms with E-state index in [1.807, 2.05) is 36.4 Å². The van der Waals surface area contributed by atoms with Gasteiger partial charge in [0.1, 0.15) is 5.75 Å². The van der Waals surface area contributed by atoms with E-state index in [-0.39, 0.29) is 0 Å². The highest BCUT2D eigenvalue weighted by atomic mass is 35.5. The van der Waals surface area contributed by atoms with Crippen LogP contribution in [-0.4, -0.2) is 7.11 Å². The second-order valence-corrected chi connectivity index (χ2v) is 4.38. The normalized spacial score (nSPS) is 10.9. The van der Waals surface area contributed by atoms with Gasteiger partial charge in [0.15, 0.2) is 0 Å². The van der Waals surface area contributed by atoms with Crippen molar-refractivity contribution in [1.29, 1.82) is 0 Å². The quantitative estimate of drug-likeness (QED) is 0.564. The van der Waals surface area contributed by atoms with Crippen molar-refractivity contribution in [1.82, 2.24) is 0 Å². The van der Waals surface area contributed by atoms with Gasteiger partial charge in [0.05, 0.1) is 12.1 Å². The monoisotopic (exact) mass is 242 g/mol. The second-order valence-electron chi connectivity index (χ2n) is 4.00. The molecule has 0 aliphatic carbocycles. The molecule has 0 saturated carbocycles. The fourth-order valence-corrected chi connectivity index (χ4v) is 2.45. The SMILES string of the molecule is COc1ccc2cc3ccccc3c(Cl)c2c1. The average molecular weight is 243 g/mol. The highest BCUT2D eigenvalue weighted by Gasteiger charge is 2.06. The van der Waals surface area contributed by atoms with Crippen molar-refractivity contribution < 1.29 is 4.74 Å². The predicted octanol–water partition coefficient (Wildman–Crippen LogP) is 4.66. The van der Waals surface area contributed by atoms with Crippen LogP contribution in [0.15, 0.2) is 48.5 Å². The topological polar surface area (TPSA) is 9.23 Å². The van der Waals surface area contributed by atoms with Crippen LogP contribution in [0.2, 0.25) is 5.02 Å². The van der Waals surface area contributed by atoms with Gasteiger partial charge in [0.25, 0.3) is 0 Å². The van der Waals surface area contributed by atoms with Gasteiger partial charge < -0.3 is 4.74 Å². The summed E-state index contributed by atoms with van der Waals surface area (Å²) < 4.78 is 5.23. The van der Waals surface area contributed by atoms with E-state index in [9.17, 15) is 0 Å². The largest absolute Gasteiger partial charge is 0.497 e. The fourth-order valence-electron chi connectivity index (χ4n) is 2.11. The van der Waals surface area contributed by atoms with Crippen LogP contribution in [-0.2, 0) is 0 Å². The Bertz CT molecular complexity index is 704. The molecule has 3 aromatic carbocycles. The summed E-state index contributed by atoms with van der Waals surface area (Å²) in [5.74, 6) is 0.828. The molecule has 0 atom stereocenters. The Balaban J connectivity index is 2.46.